The van der Waals surface area contributed by atoms with E-state index in [0.29, 0.717) is 22.5 Å². The van der Waals surface area contributed by atoms with Crippen molar-refractivity contribution in [3.63, 3.8) is 0 Å². The number of nitrogens with zero attached hydrogens (tertiary/aromatic N) is 3. The summed E-state index contributed by atoms with van der Waals surface area (Å²) in [7, 11) is 0. The lowest BCUT2D eigenvalue weighted by Gasteiger charge is -2.28. The zero-order chi connectivity index (χ0) is 51.1. The lowest BCUT2D eigenvalue weighted by atomic mass is 9.79. The van der Waals surface area contributed by atoms with Crippen LogP contribution in [0.25, 0.3) is 72.7 Å². The van der Waals surface area contributed by atoms with E-state index in [2.05, 4.69) is 185 Å². The van der Waals surface area contributed by atoms with Crippen LogP contribution in [0.2, 0.25) is 0 Å². The van der Waals surface area contributed by atoms with Gasteiger partial charge in [-0.2, -0.15) is 0 Å². The first-order valence-corrected chi connectivity index (χ1v) is 23.8. The van der Waals surface area contributed by atoms with Gasteiger partial charge in [0.2, 0.25) is 0 Å². The van der Waals surface area contributed by atoms with Gasteiger partial charge in [0.25, 0.3) is 0 Å². The fourth-order valence-electron chi connectivity index (χ4n) is 8.85. The SMILES string of the molecule is [2H]c1cc(C([2H])([2H])C(C)(C)C)ccc1-c1ccnc(-c2cc(-c3cccc4c3nc(-c3cc(C(C)(C)C)cc(C(C)(C)C)c3O)n4-c3ccc(C(C)(C)C)cc3-c3ccccc3)cc(C(C)(C)C)c2)c1. The van der Waals surface area contributed by atoms with Crippen molar-refractivity contribution in [3.8, 4) is 67.5 Å². The first kappa shape index (κ1) is 43.3. The quantitative estimate of drug-likeness (QED) is 0.173. The fraction of sp³-hybridized carbons (Fsp3) is 0.333. The zero-order valence-corrected chi connectivity index (χ0v) is 42.5. The molecule has 0 spiro atoms. The molecule has 0 aliphatic heterocycles. The lowest BCUT2D eigenvalue weighted by molar-refractivity contribution is 0.411. The fourth-order valence-corrected chi connectivity index (χ4v) is 8.85. The zero-order valence-electron chi connectivity index (χ0n) is 45.5. The summed E-state index contributed by atoms with van der Waals surface area (Å²) in [5.74, 6) is 0.888. The molecule has 0 atom stereocenters. The second-order valence-corrected chi connectivity index (χ2v) is 23.6. The Morgan fingerprint density at radius 1 is 0.522 bits per heavy atom. The summed E-state index contributed by atoms with van der Waals surface area (Å²) in [6.45, 7) is 32.2. The van der Waals surface area contributed by atoms with Gasteiger partial charge in [0.1, 0.15) is 11.6 Å². The largest absolute Gasteiger partial charge is 0.507 e. The molecule has 4 heteroatoms. The third-order valence-electron chi connectivity index (χ3n) is 12.7. The Kier molecular flexibility index (Phi) is 11.1. The molecule has 0 bridgehead atoms. The number of rotatable bonds is 7. The van der Waals surface area contributed by atoms with Gasteiger partial charge in [0.05, 0.1) is 29.3 Å². The van der Waals surface area contributed by atoms with E-state index in [9.17, 15) is 5.11 Å². The minimum absolute atomic E-state index is 0.0994. The summed E-state index contributed by atoms with van der Waals surface area (Å²) in [6.07, 6.45) is 0.186. The van der Waals surface area contributed by atoms with Crippen LogP contribution in [0.4, 0.5) is 0 Å². The molecule has 8 rings (SSSR count). The number of imidazole rings is 1. The number of phenolic OH excluding ortho intramolecular Hbond substituents is 1. The van der Waals surface area contributed by atoms with Gasteiger partial charge >= 0.3 is 0 Å². The maximum Gasteiger partial charge on any atom is 0.149 e. The van der Waals surface area contributed by atoms with Gasteiger partial charge in [-0.05, 0) is 126 Å². The van der Waals surface area contributed by atoms with E-state index in [1.165, 1.54) is 5.56 Å². The summed E-state index contributed by atoms with van der Waals surface area (Å²) in [5, 5.41) is 12.6. The molecule has 2 aromatic heterocycles. The maximum atomic E-state index is 12.6. The molecule has 0 saturated carbocycles. The molecule has 67 heavy (non-hydrogen) atoms. The Bertz CT molecular complexity index is 3270. The van der Waals surface area contributed by atoms with E-state index in [-0.39, 0.29) is 33.5 Å². The third-order valence-corrected chi connectivity index (χ3v) is 12.7. The molecule has 1 N–H and O–H groups in total. The van der Waals surface area contributed by atoms with Crippen LogP contribution in [0, 0.1) is 5.41 Å². The topological polar surface area (TPSA) is 50.9 Å². The lowest BCUT2D eigenvalue weighted by Crippen LogP contribution is -2.17. The van der Waals surface area contributed by atoms with Crippen molar-refractivity contribution >= 4 is 11.0 Å². The van der Waals surface area contributed by atoms with Crippen molar-refractivity contribution in [2.75, 3.05) is 0 Å². The summed E-state index contributed by atoms with van der Waals surface area (Å²) in [6, 6.07) is 44.3. The summed E-state index contributed by atoms with van der Waals surface area (Å²) in [4.78, 5) is 10.6. The van der Waals surface area contributed by atoms with E-state index in [1.807, 2.05) is 45.0 Å². The van der Waals surface area contributed by atoms with Crippen LogP contribution in [0.3, 0.4) is 0 Å². The first-order chi connectivity index (χ1) is 32.4. The highest BCUT2D eigenvalue weighted by Crippen LogP contribution is 2.46. The highest BCUT2D eigenvalue weighted by Gasteiger charge is 2.30. The van der Waals surface area contributed by atoms with Crippen LogP contribution < -0.4 is 0 Å². The maximum absolute atomic E-state index is 12.6. The average molecular weight is 889 g/mol. The van der Waals surface area contributed by atoms with Crippen LogP contribution in [0.15, 0.2) is 140 Å². The Hall–Kier alpha value is -6.26. The van der Waals surface area contributed by atoms with E-state index in [0.717, 1.165) is 72.5 Å². The van der Waals surface area contributed by atoms with Gasteiger partial charge in [-0.3, -0.25) is 9.55 Å². The smallest absolute Gasteiger partial charge is 0.149 e. The molecule has 344 valence electrons. The normalized spacial score (nSPS) is 13.7. The standard InChI is InChI=1S/C63H71N3O/c1-59(2,3)39-40-24-26-41(27-25-40)43-30-31-64-53(35-43)45-32-44(33-47(34-45)61(7,8)9)49-22-19-23-55-56(49)65-58(51-37-48(62(10,11)12)38-52(57(51)67)63(13,14)15)66(55)54-29-28-46(60(4,5)6)36-50(54)42-20-17-16-18-21-42/h16-38,67H,39H2,1-15H3/i26D,39D2. The molecule has 0 unspecified atom stereocenters. The second kappa shape index (κ2) is 17.1. The molecule has 8 aromatic rings. The van der Waals surface area contributed by atoms with E-state index in [1.54, 1.807) is 12.3 Å². The van der Waals surface area contributed by atoms with Gasteiger partial charge in [-0.1, -0.05) is 189 Å². The van der Waals surface area contributed by atoms with Crippen molar-refractivity contribution < 1.29 is 9.22 Å². The van der Waals surface area contributed by atoms with Crippen molar-refractivity contribution in [1.29, 1.82) is 0 Å². The van der Waals surface area contributed by atoms with Gasteiger partial charge in [-0.15, -0.1) is 0 Å². The van der Waals surface area contributed by atoms with E-state index < -0.39 is 11.8 Å². The number of hydrogen-bond donors (Lipinski definition) is 1. The number of aromatic nitrogens is 3. The number of hydrogen-bond acceptors (Lipinski definition) is 3. The van der Waals surface area contributed by atoms with E-state index in [4.69, 9.17) is 14.1 Å². The predicted octanol–water partition coefficient (Wildman–Crippen LogP) is 17.2. The van der Waals surface area contributed by atoms with Crippen LogP contribution in [0.5, 0.6) is 5.75 Å². The van der Waals surface area contributed by atoms with Crippen LogP contribution in [-0.2, 0) is 28.0 Å². The Morgan fingerprint density at radius 2 is 1.18 bits per heavy atom. The van der Waals surface area contributed by atoms with Gasteiger partial charge in [0, 0.05) is 31.2 Å². The Morgan fingerprint density at radius 3 is 1.82 bits per heavy atom. The van der Waals surface area contributed by atoms with Crippen LogP contribution in [-0.4, -0.2) is 19.6 Å². The molecule has 0 radical (unpaired) electrons. The number of pyridine rings is 1. The van der Waals surface area contributed by atoms with Gasteiger partial charge < -0.3 is 5.11 Å². The summed E-state index contributed by atoms with van der Waals surface area (Å²) < 4.78 is 29.0. The van der Waals surface area contributed by atoms with Crippen molar-refractivity contribution in [2.45, 2.75) is 132 Å². The molecular formula is C63H71N3O. The summed E-state index contributed by atoms with van der Waals surface area (Å²) >= 11 is 0. The predicted molar refractivity (Wildman–Crippen MR) is 286 cm³/mol. The molecule has 0 aliphatic rings. The van der Waals surface area contributed by atoms with Crippen molar-refractivity contribution in [3.05, 3.63) is 167 Å². The average Bonchev–Trinajstić information content (AvgIpc) is 3.66. The first-order valence-electron chi connectivity index (χ1n) is 25.3. The Balaban J connectivity index is 1.41. The van der Waals surface area contributed by atoms with Gasteiger partial charge in [-0.25, -0.2) is 4.98 Å². The molecule has 0 fully saturated rings. The minimum atomic E-state index is -1.61. The number of benzene rings is 6. The van der Waals surface area contributed by atoms with Crippen LogP contribution in [0.1, 0.15) is 136 Å². The van der Waals surface area contributed by atoms with Crippen molar-refractivity contribution in [1.82, 2.24) is 14.5 Å². The molecule has 0 saturated heterocycles. The summed E-state index contributed by atoms with van der Waals surface area (Å²) in [5.41, 5.74) is 14.0. The van der Waals surface area contributed by atoms with E-state index >= 15 is 0 Å². The third kappa shape index (κ3) is 9.91. The molecular weight excluding hydrogens is 815 g/mol. The van der Waals surface area contributed by atoms with Gasteiger partial charge in [0.15, 0.2) is 0 Å². The Labute approximate surface area is 405 Å². The van der Waals surface area contributed by atoms with Crippen LogP contribution >= 0.6 is 0 Å². The second-order valence-electron chi connectivity index (χ2n) is 23.6. The highest BCUT2D eigenvalue weighted by atomic mass is 16.3. The number of fused-ring (bicyclic) bond motifs is 1. The monoisotopic (exact) mass is 889 g/mol. The number of aromatic hydroxyl groups is 1. The molecule has 2 heterocycles. The molecule has 6 aromatic carbocycles. The minimum Gasteiger partial charge on any atom is -0.507 e. The number of para-hydroxylation sites is 1. The highest BCUT2D eigenvalue weighted by molar-refractivity contribution is 5.98. The van der Waals surface area contributed by atoms with Crippen molar-refractivity contribution in [2.24, 2.45) is 5.41 Å². The molecule has 0 amide bonds. The molecule has 0 aliphatic carbocycles. The number of phenols is 1. The molecule has 4 nitrogen and oxygen atoms in total.